The van der Waals surface area contributed by atoms with E-state index in [1.165, 1.54) is 12.4 Å². The second-order valence-corrected chi connectivity index (χ2v) is 8.15. The van der Waals surface area contributed by atoms with Gasteiger partial charge in [-0.2, -0.15) is 13.2 Å². The average molecular weight is 453 g/mol. The number of aromatic nitrogens is 3. The lowest BCUT2D eigenvalue weighted by Crippen LogP contribution is -2.52. The van der Waals surface area contributed by atoms with Crippen molar-refractivity contribution in [3.63, 3.8) is 0 Å². The van der Waals surface area contributed by atoms with E-state index in [0.29, 0.717) is 19.5 Å². The number of carbonyl (C=O) groups is 1. The predicted octanol–water partition coefficient (Wildman–Crippen LogP) is 3.28. The Labute approximate surface area is 180 Å². The van der Waals surface area contributed by atoms with Crippen LogP contribution in [0.25, 0.3) is 11.0 Å². The monoisotopic (exact) mass is 452 g/mol. The Hall–Kier alpha value is -2.85. The summed E-state index contributed by atoms with van der Waals surface area (Å²) in [5.41, 5.74) is 6.16. The zero-order chi connectivity index (χ0) is 22.4. The Morgan fingerprint density at radius 2 is 2.16 bits per heavy atom. The molecular formula is C20H20ClF3N6O. The number of aryl methyl sites for hydroxylation is 1. The molecule has 1 amide bonds. The summed E-state index contributed by atoms with van der Waals surface area (Å²) in [5, 5.41) is 2.92. The number of hydrogen-bond donors (Lipinski definition) is 3. The number of hydrogen-bond acceptors (Lipinski definition) is 5. The molecule has 11 heteroatoms. The highest BCUT2D eigenvalue weighted by Crippen LogP contribution is 2.36. The number of nitrogens with two attached hydrogens (primary N) is 1. The first-order chi connectivity index (χ1) is 14.6. The number of halogens is 4. The lowest BCUT2D eigenvalue weighted by molar-refractivity contribution is -0.137. The second kappa shape index (κ2) is 7.69. The van der Waals surface area contributed by atoms with Crippen molar-refractivity contribution in [3.05, 3.63) is 52.4 Å². The fourth-order valence-corrected chi connectivity index (χ4v) is 4.16. The molecule has 0 radical (unpaired) electrons. The van der Waals surface area contributed by atoms with Gasteiger partial charge in [0.1, 0.15) is 17.8 Å². The van der Waals surface area contributed by atoms with Gasteiger partial charge in [0.25, 0.3) is 5.91 Å². The van der Waals surface area contributed by atoms with Crippen LogP contribution in [-0.4, -0.2) is 46.0 Å². The van der Waals surface area contributed by atoms with Crippen molar-refractivity contribution in [1.82, 2.24) is 20.3 Å². The van der Waals surface area contributed by atoms with E-state index in [4.69, 9.17) is 17.3 Å². The van der Waals surface area contributed by atoms with Gasteiger partial charge in [0.2, 0.25) is 0 Å². The molecule has 4 rings (SSSR count). The minimum atomic E-state index is -4.65. The molecule has 1 saturated heterocycles. The largest absolute Gasteiger partial charge is 0.417 e. The summed E-state index contributed by atoms with van der Waals surface area (Å²) >= 11 is 5.84. The SMILES string of the molecule is Cc1c[nH]c2ncnc(N3CC[C@](N)(CNC(=O)c4cccc(C(F)(F)F)c4Cl)C3)c12. The standard InChI is InChI=1S/C20H20ClF3N6O/c1-11-7-26-16-14(11)17(29-10-28-16)30-6-5-19(25,9-30)8-27-18(31)12-3-2-4-13(15(12)21)20(22,23)24/h2-4,7,10H,5-6,8-9,25H2,1H3,(H,27,31)(H,26,28,29)/t19-/m0/s1. The van der Waals surface area contributed by atoms with E-state index in [-0.39, 0.29) is 12.1 Å². The Kier molecular flexibility index (Phi) is 5.30. The maximum absolute atomic E-state index is 13.1. The average Bonchev–Trinajstić information content (AvgIpc) is 3.29. The van der Waals surface area contributed by atoms with Gasteiger partial charge in [-0.25, -0.2) is 9.97 Å². The van der Waals surface area contributed by atoms with Crippen LogP contribution in [0.5, 0.6) is 0 Å². The molecule has 4 N–H and O–H groups in total. The summed E-state index contributed by atoms with van der Waals surface area (Å²) < 4.78 is 39.2. The number of nitrogens with zero attached hydrogens (tertiary/aromatic N) is 3. The Bertz CT molecular complexity index is 1150. The number of benzene rings is 1. The van der Waals surface area contributed by atoms with Crippen LogP contribution in [0.1, 0.15) is 27.9 Å². The topological polar surface area (TPSA) is 99.9 Å². The minimum absolute atomic E-state index is 0.0786. The number of rotatable bonds is 4. The Morgan fingerprint density at radius 3 is 2.90 bits per heavy atom. The molecule has 0 unspecified atom stereocenters. The van der Waals surface area contributed by atoms with Gasteiger partial charge in [-0.1, -0.05) is 17.7 Å². The molecule has 7 nitrogen and oxygen atoms in total. The molecule has 1 aliphatic heterocycles. The molecule has 164 valence electrons. The summed E-state index contributed by atoms with van der Waals surface area (Å²) in [4.78, 5) is 26.3. The molecule has 0 bridgehead atoms. The third kappa shape index (κ3) is 4.05. The smallest absolute Gasteiger partial charge is 0.354 e. The van der Waals surface area contributed by atoms with Crippen LogP contribution < -0.4 is 16.0 Å². The number of H-pyrrole nitrogens is 1. The zero-order valence-corrected chi connectivity index (χ0v) is 17.3. The zero-order valence-electron chi connectivity index (χ0n) is 16.6. The van der Waals surface area contributed by atoms with Crippen LogP contribution in [0.3, 0.4) is 0 Å². The highest BCUT2D eigenvalue weighted by Gasteiger charge is 2.37. The molecule has 0 saturated carbocycles. The highest BCUT2D eigenvalue weighted by molar-refractivity contribution is 6.34. The van der Waals surface area contributed by atoms with Crippen LogP contribution in [0.2, 0.25) is 5.02 Å². The van der Waals surface area contributed by atoms with Crippen molar-refractivity contribution in [3.8, 4) is 0 Å². The van der Waals surface area contributed by atoms with Gasteiger partial charge < -0.3 is 20.9 Å². The minimum Gasteiger partial charge on any atom is -0.354 e. The number of fused-ring (bicyclic) bond motifs is 1. The molecule has 1 fully saturated rings. The van der Waals surface area contributed by atoms with Crippen LogP contribution >= 0.6 is 11.6 Å². The first-order valence-corrected chi connectivity index (χ1v) is 9.93. The fraction of sp³-hybridized carbons (Fsp3) is 0.350. The van der Waals surface area contributed by atoms with Gasteiger partial charge in [-0.05, 0) is 31.0 Å². The molecule has 1 aliphatic rings. The normalized spacial score (nSPS) is 19.2. The van der Waals surface area contributed by atoms with Crippen molar-refractivity contribution in [1.29, 1.82) is 0 Å². The van der Waals surface area contributed by atoms with Crippen molar-refractivity contribution in [2.45, 2.75) is 25.1 Å². The molecular weight excluding hydrogens is 433 g/mol. The number of alkyl halides is 3. The number of anilines is 1. The molecule has 0 aliphatic carbocycles. The van der Waals surface area contributed by atoms with Crippen LogP contribution in [0.15, 0.2) is 30.7 Å². The third-order valence-corrected chi connectivity index (χ3v) is 5.89. The summed E-state index contributed by atoms with van der Waals surface area (Å²) in [6.07, 6.45) is -0.749. The van der Waals surface area contributed by atoms with E-state index >= 15 is 0 Å². The van der Waals surface area contributed by atoms with Crippen LogP contribution in [0.4, 0.5) is 19.0 Å². The van der Waals surface area contributed by atoms with E-state index in [9.17, 15) is 18.0 Å². The second-order valence-electron chi connectivity index (χ2n) is 7.77. The molecule has 1 aromatic carbocycles. The number of nitrogens with one attached hydrogen (secondary N) is 2. The summed E-state index contributed by atoms with van der Waals surface area (Å²) in [6, 6.07) is 3.24. The van der Waals surface area contributed by atoms with E-state index < -0.39 is 28.2 Å². The molecule has 3 aromatic rings. The fourth-order valence-electron chi connectivity index (χ4n) is 3.84. The van der Waals surface area contributed by atoms with Gasteiger partial charge in [0.15, 0.2) is 0 Å². The van der Waals surface area contributed by atoms with Crippen LogP contribution in [-0.2, 0) is 6.18 Å². The van der Waals surface area contributed by atoms with Crippen molar-refractivity contribution < 1.29 is 18.0 Å². The highest BCUT2D eigenvalue weighted by atomic mass is 35.5. The number of amides is 1. The Balaban J connectivity index is 1.47. The molecule has 0 spiro atoms. The molecule has 31 heavy (non-hydrogen) atoms. The lowest BCUT2D eigenvalue weighted by atomic mass is 10.00. The predicted molar refractivity (Wildman–Crippen MR) is 111 cm³/mol. The van der Waals surface area contributed by atoms with Crippen molar-refractivity contribution in [2.75, 3.05) is 24.5 Å². The van der Waals surface area contributed by atoms with Crippen LogP contribution in [0, 0.1) is 6.92 Å². The number of carbonyl (C=O) groups excluding carboxylic acids is 1. The van der Waals surface area contributed by atoms with E-state index in [0.717, 1.165) is 34.5 Å². The Morgan fingerprint density at radius 1 is 1.39 bits per heavy atom. The first kappa shape index (κ1) is 21.4. The maximum Gasteiger partial charge on any atom is 0.417 e. The summed E-state index contributed by atoms with van der Waals surface area (Å²) in [7, 11) is 0. The van der Waals surface area contributed by atoms with Gasteiger partial charge in [-0.15, -0.1) is 0 Å². The summed E-state index contributed by atoms with van der Waals surface area (Å²) in [5.74, 6) is 0.0496. The van der Waals surface area contributed by atoms with Gasteiger partial charge >= 0.3 is 6.18 Å². The lowest BCUT2D eigenvalue weighted by Gasteiger charge is -2.26. The number of aromatic amines is 1. The van der Waals surface area contributed by atoms with Crippen molar-refractivity contribution >= 4 is 34.4 Å². The van der Waals surface area contributed by atoms with Gasteiger partial charge in [0.05, 0.1) is 27.1 Å². The molecule has 3 heterocycles. The third-order valence-electron chi connectivity index (χ3n) is 5.48. The van der Waals surface area contributed by atoms with E-state index in [1.807, 2.05) is 18.0 Å². The summed E-state index contributed by atoms with van der Waals surface area (Å²) in [6.45, 7) is 3.07. The van der Waals surface area contributed by atoms with E-state index in [2.05, 4.69) is 20.3 Å². The van der Waals surface area contributed by atoms with Gasteiger partial charge in [0, 0.05) is 25.8 Å². The molecule has 1 atom stereocenters. The first-order valence-electron chi connectivity index (χ1n) is 9.55. The van der Waals surface area contributed by atoms with E-state index in [1.54, 1.807) is 0 Å². The maximum atomic E-state index is 13.1. The molecule has 2 aromatic heterocycles. The van der Waals surface area contributed by atoms with Gasteiger partial charge in [-0.3, -0.25) is 4.79 Å². The van der Waals surface area contributed by atoms with Crippen molar-refractivity contribution in [2.24, 2.45) is 5.73 Å². The quantitative estimate of drug-likeness (QED) is 0.564.